The number of benzene rings is 2. The van der Waals surface area contributed by atoms with E-state index in [4.69, 9.17) is 4.74 Å². The molecule has 0 aliphatic rings. The summed E-state index contributed by atoms with van der Waals surface area (Å²) in [4.78, 5) is 0. The summed E-state index contributed by atoms with van der Waals surface area (Å²) in [5, 5.41) is 13.0. The van der Waals surface area contributed by atoms with Gasteiger partial charge in [-0.25, -0.2) is 4.39 Å². The third kappa shape index (κ3) is 3.36. The summed E-state index contributed by atoms with van der Waals surface area (Å²) < 4.78 is 20.4. The molecular weight excluding hydrogens is 337 g/mol. The molecule has 0 spiro atoms. The summed E-state index contributed by atoms with van der Waals surface area (Å²) in [5.74, 6) is -0.0216. The zero-order valence-corrected chi connectivity index (χ0v) is 13.4. The Hall–Kier alpha value is -1.59. The molecule has 1 unspecified atom stereocenters. The fourth-order valence-corrected chi connectivity index (χ4v) is 2.51. The Balaban J connectivity index is 2.43. The zero-order valence-electron chi connectivity index (χ0n) is 11.9. The summed E-state index contributed by atoms with van der Waals surface area (Å²) in [6, 6.07) is 12.1. The highest BCUT2D eigenvalue weighted by molar-refractivity contribution is 9.10. The molecule has 0 saturated carbocycles. The van der Waals surface area contributed by atoms with E-state index in [1.54, 1.807) is 19.1 Å². The molecule has 0 bridgehead atoms. The van der Waals surface area contributed by atoms with Crippen LogP contribution in [0.4, 0.5) is 10.1 Å². The smallest absolute Gasteiger partial charge is 0.132 e. The Bertz CT molecular complexity index is 618. The first-order valence-electron chi connectivity index (χ1n) is 6.48. The van der Waals surface area contributed by atoms with Crippen LogP contribution >= 0.6 is 15.9 Å². The van der Waals surface area contributed by atoms with Crippen LogP contribution in [0, 0.1) is 5.82 Å². The second-order valence-corrected chi connectivity index (χ2v) is 5.85. The van der Waals surface area contributed by atoms with E-state index in [-0.39, 0.29) is 6.61 Å². The Morgan fingerprint density at radius 3 is 2.48 bits per heavy atom. The number of nitrogens with one attached hydrogen (secondary N) is 1. The van der Waals surface area contributed by atoms with Crippen molar-refractivity contribution in [2.24, 2.45) is 0 Å². The SMILES string of the molecule is COc1cccc(F)c1C(C)(CO)Nc1ccc(Br)cc1. The van der Waals surface area contributed by atoms with Crippen LogP contribution in [0.5, 0.6) is 5.75 Å². The van der Waals surface area contributed by atoms with E-state index in [1.165, 1.54) is 13.2 Å². The van der Waals surface area contributed by atoms with Crippen LogP contribution in [0.15, 0.2) is 46.9 Å². The maximum absolute atomic E-state index is 14.2. The van der Waals surface area contributed by atoms with Gasteiger partial charge in [0.25, 0.3) is 0 Å². The van der Waals surface area contributed by atoms with Gasteiger partial charge in [0.15, 0.2) is 0 Å². The minimum atomic E-state index is -0.996. The predicted molar refractivity (Wildman–Crippen MR) is 85.2 cm³/mol. The van der Waals surface area contributed by atoms with E-state index in [9.17, 15) is 9.50 Å². The fourth-order valence-electron chi connectivity index (χ4n) is 2.24. The van der Waals surface area contributed by atoms with Crippen LogP contribution < -0.4 is 10.1 Å². The summed E-state index contributed by atoms with van der Waals surface area (Å²) in [7, 11) is 1.48. The average Bonchev–Trinajstić information content (AvgIpc) is 2.49. The largest absolute Gasteiger partial charge is 0.496 e. The summed E-state index contributed by atoms with van der Waals surface area (Å²) in [6.07, 6.45) is 0. The maximum atomic E-state index is 14.2. The Labute approximate surface area is 131 Å². The quantitative estimate of drug-likeness (QED) is 0.855. The number of rotatable bonds is 5. The van der Waals surface area contributed by atoms with Gasteiger partial charge in [-0.1, -0.05) is 22.0 Å². The van der Waals surface area contributed by atoms with Crippen LogP contribution in [0.25, 0.3) is 0 Å². The van der Waals surface area contributed by atoms with Crippen LogP contribution in [-0.2, 0) is 5.54 Å². The molecule has 2 rings (SSSR count). The van der Waals surface area contributed by atoms with Crippen molar-refractivity contribution in [1.82, 2.24) is 0 Å². The van der Waals surface area contributed by atoms with Gasteiger partial charge in [-0.05, 0) is 43.3 Å². The predicted octanol–water partition coefficient (Wildman–Crippen LogP) is 3.92. The highest BCUT2D eigenvalue weighted by Crippen LogP contribution is 2.35. The summed E-state index contributed by atoms with van der Waals surface area (Å²) in [6.45, 7) is 1.45. The van der Waals surface area contributed by atoms with E-state index in [1.807, 2.05) is 24.3 Å². The van der Waals surface area contributed by atoms with Gasteiger partial charge in [0.1, 0.15) is 11.6 Å². The van der Waals surface area contributed by atoms with Crippen molar-refractivity contribution in [3.8, 4) is 5.75 Å². The molecule has 2 aromatic carbocycles. The molecule has 2 aromatic rings. The first-order valence-corrected chi connectivity index (χ1v) is 7.27. The molecule has 5 heteroatoms. The van der Waals surface area contributed by atoms with Gasteiger partial charge in [-0.15, -0.1) is 0 Å². The highest BCUT2D eigenvalue weighted by Gasteiger charge is 2.32. The molecule has 0 heterocycles. The van der Waals surface area contributed by atoms with Crippen LogP contribution in [0.2, 0.25) is 0 Å². The molecule has 0 amide bonds. The Kier molecular flexibility index (Phi) is 4.85. The van der Waals surface area contributed by atoms with Crippen molar-refractivity contribution in [2.75, 3.05) is 19.0 Å². The minimum Gasteiger partial charge on any atom is -0.496 e. The van der Waals surface area contributed by atoms with Gasteiger partial charge in [-0.3, -0.25) is 0 Å². The molecule has 0 saturated heterocycles. The van der Waals surface area contributed by atoms with Crippen LogP contribution in [0.3, 0.4) is 0 Å². The number of halogens is 2. The number of hydrogen-bond donors (Lipinski definition) is 2. The lowest BCUT2D eigenvalue weighted by Crippen LogP contribution is -2.37. The lowest BCUT2D eigenvalue weighted by Gasteiger charge is -2.32. The lowest BCUT2D eigenvalue weighted by atomic mass is 9.91. The average molecular weight is 354 g/mol. The summed E-state index contributed by atoms with van der Waals surface area (Å²) in [5.41, 5.74) is 0.0859. The molecule has 0 aliphatic carbocycles. The van der Waals surface area contributed by atoms with E-state index >= 15 is 0 Å². The molecule has 0 aliphatic heterocycles. The molecule has 112 valence electrons. The van der Waals surface area contributed by atoms with E-state index in [0.29, 0.717) is 11.3 Å². The third-order valence-electron chi connectivity index (χ3n) is 3.33. The number of hydrogen-bond acceptors (Lipinski definition) is 3. The van der Waals surface area contributed by atoms with Gasteiger partial charge < -0.3 is 15.2 Å². The van der Waals surface area contributed by atoms with E-state index < -0.39 is 11.4 Å². The monoisotopic (exact) mass is 353 g/mol. The maximum Gasteiger partial charge on any atom is 0.132 e. The van der Waals surface area contributed by atoms with Crippen molar-refractivity contribution >= 4 is 21.6 Å². The van der Waals surface area contributed by atoms with Crippen molar-refractivity contribution in [1.29, 1.82) is 0 Å². The second kappa shape index (κ2) is 6.45. The molecule has 2 N–H and O–H groups in total. The van der Waals surface area contributed by atoms with Crippen molar-refractivity contribution in [3.05, 3.63) is 58.3 Å². The topological polar surface area (TPSA) is 41.5 Å². The van der Waals surface area contributed by atoms with Gasteiger partial charge in [0.2, 0.25) is 0 Å². The fraction of sp³-hybridized carbons (Fsp3) is 0.250. The zero-order chi connectivity index (χ0) is 15.5. The Morgan fingerprint density at radius 1 is 1.24 bits per heavy atom. The second-order valence-electron chi connectivity index (χ2n) is 4.94. The van der Waals surface area contributed by atoms with Gasteiger partial charge in [0, 0.05) is 10.2 Å². The minimum absolute atomic E-state index is 0.277. The van der Waals surface area contributed by atoms with Crippen molar-refractivity contribution in [3.63, 3.8) is 0 Å². The summed E-state index contributed by atoms with van der Waals surface area (Å²) >= 11 is 3.36. The standard InChI is InChI=1S/C16H17BrFNO2/c1-16(10-20,19-12-8-6-11(17)7-9-12)15-13(18)4-3-5-14(15)21-2/h3-9,19-20H,10H2,1-2H3. The first kappa shape index (κ1) is 15.8. The number of anilines is 1. The molecule has 3 nitrogen and oxygen atoms in total. The number of aliphatic hydroxyl groups is 1. The van der Waals surface area contributed by atoms with Crippen molar-refractivity contribution < 1.29 is 14.2 Å². The Morgan fingerprint density at radius 2 is 1.90 bits per heavy atom. The van der Waals surface area contributed by atoms with Crippen LogP contribution in [-0.4, -0.2) is 18.8 Å². The van der Waals surface area contributed by atoms with Gasteiger partial charge >= 0.3 is 0 Å². The molecule has 0 aromatic heterocycles. The highest BCUT2D eigenvalue weighted by atomic mass is 79.9. The van der Waals surface area contributed by atoms with E-state index in [0.717, 1.165) is 10.2 Å². The molecular formula is C16H17BrFNO2. The third-order valence-corrected chi connectivity index (χ3v) is 3.86. The van der Waals surface area contributed by atoms with E-state index in [2.05, 4.69) is 21.2 Å². The molecule has 21 heavy (non-hydrogen) atoms. The van der Waals surface area contributed by atoms with Crippen molar-refractivity contribution in [2.45, 2.75) is 12.5 Å². The normalized spacial score (nSPS) is 13.6. The van der Waals surface area contributed by atoms with Crippen LogP contribution in [0.1, 0.15) is 12.5 Å². The van der Waals surface area contributed by atoms with Gasteiger partial charge in [0.05, 0.1) is 24.8 Å². The molecule has 0 radical (unpaired) electrons. The number of ether oxygens (including phenoxy) is 1. The number of methoxy groups -OCH3 is 1. The first-order chi connectivity index (χ1) is 10.00. The molecule has 1 atom stereocenters. The van der Waals surface area contributed by atoms with Gasteiger partial charge in [-0.2, -0.15) is 0 Å². The molecule has 0 fully saturated rings. The number of aliphatic hydroxyl groups excluding tert-OH is 1. The lowest BCUT2D eigenvalue weighted by molar-refractivity contribution is 0.216.